The molecule has 130 valence electrons. The molecule has 0 aliphatic rings. The Bertz CT molecular complexity index is 631. The SMILES string of the molecule is CCOc1c(Cl)cc(CN[C@H](C)CCc2ccccc2)cc1OC. The number of ether oxygens (including phenoxy) is 2. The van der Waals surface area contributed by atoms with Crippen molar-refractivity contribution in [2.75, 3.05) is 13.7 Å². The molecule has 0 amide bonds. The zero-order valence-electron chi connectivity index (χ0n) is 14.6. The minimum atomic E-state index is 0.418. The van der Waals surface area contributed by atoms with Crippen LogP contribution in [0.2, 0.25) is 5.02 Å². The molecule has 0 unspecified atom stereocenters. The summed E-state index contributed by atoms with van der Waals surface area (Å²) in [6.45, 7) is 5.44. The maximum atomic E-state index is 6.32. The van der Waals surface area contributed by atoms with Crippen LogP contribution >= 0.6 is 11.6 Å². The number of nitrogens with one attached hydrogen (secondary N) is 1. The molecule has 0 fully saturated rings. The molecule has 0 heterocycles. The Kier molecular flexibility index (Phi) is 7.41. The Morgan fingerprint density at radius 3 is 2.54 bits per heavy atom. The third kappa shape index (κ3) is 5.43. The Morgan fingerprint density at radius 1 is 1.12 bits per heavy atom. The van der Waals surface area contributed by atoms with E-state index in [-0.39, 0.29) is 0 Å². The van der Waals surface area contributed by atoms with Crippen LogP contribution < -0.4 is 14.8 Å². The van der Waals surface area contributed by atoms with Gasteiger partial charge in [-0.25, -0.2) is 0 Å². The third-order valence-corrected chi connectivity index (χ3v) is 4.22. The highest BCUT2D eigenvalue weighted by Gasteiger charge is 2.12. The molecule has 0 spiro atoms. The summed E-state index contributed by atoms with van der Waals surface area (Å²) in [7, 11) is 1.63. The molecule has 4 heteroatoms. The van der Waals surface area contributed by atoms with E-state index in [4.69, 9.17) is 21.1 Å². The van der Waals surface area contributed by atoms with Crippen molar-refractivity contribution in [3.05, 3.63) is 58.6 Å². The number of hydrogen-bond donors (Lipinski definition) is 1. The quantitative estimate of drug-likeness (QED) is 0.702. The zero-order chi connectivity index (χ0) is 17.4. The van der Waals surface area contributed by atoms with Crippen molar-refractivity contribution < 1.29 is 9.47 Å². The van der Waals surface area contributed by atoms with Gasteiger partial charge in [-0.3, -0.25) is 0 Å². The molecule has 1 N–H and O–H groups in total. The van der Waals surface area contributed by atoms with Crippen LogP contribution in [0.1, 0.15) is 31.4 Å². The van der Waals surface area contributed by atoms with E-state index in [1.807, 2.05) is 25.1 Å². The summed E-state index contributed by atoms with van der Waals surface area (Å²) in [5.74, 6) is 1.29. The van der Waals surface area contributed by atoms with Crippen molar-refractivity contribution in [2.24, 2.45) is 0 Å². The average molecular weight is 348 g/mol. The molecular formula is C20H26ClNO2. The summed E-state index contributed by atoms with van der Waals surface area (Å²) in [6.07, 6.45) is 2.16. The highest BCUT2D eigenvalue weighted by molar-refractivity contribution is 6.32. The van der Waals surface area contributed by atoms with Gasteiger partial charge >= 0.3 is 0 Å². The van der Waals surface area contributed by atoms with E-state index in [2.05, 4.69) is 36.5 Å². The van der Waals surface area contributed by atoms with Gasteiger partial charge in [-0.1, -0.05) is 41.9 Å². The molecule has 0 aliphatic heterocycles. The van der Waals surface area contributed by atoms with Crippen LogP contribution in [-0.2, 0) is 13.0 Å². The molecule has 0 bridgehead atoms. The van der Waals surface area contributed by atoms with Crippen molar-refractivity contribution >= 4 is 11.6 Å². The van der Waals surface area contributed by atoms with E-state index in [0.717, 1.165) is 24.9 Å². The minimum Gasteiger partial charge on any atom is -0.493 e. The number of methoxy groups -OCH3 is 1. The fraction of sp³-hybridized carbons (Fsp3) is 0.400. The van der Waals surface area contributed by atoms with Gasteiger partial charge in [-0.2, -0.15) is 0 Å². The fourth-order valence-electron chi connectivity index (χ4n) is 2.58. The van der Waals surface area contributed by atoms with Crippen LogP contribution in [0.3, 0.4) is 0 Å². The normalized spacial score (nSPS) is 12.0. The van der Waals surface area contributed by atoms with E-state index in [0.29, 0.717) is 29.2 Å². The Labute approximate surface area is 149 Å². The molecule has 0 saturated carbocycles. The van der Waals surface area contributed by atoms with Gasteiger partial charge in [0.1, 0.15) is 0 Å². The zero-order valence-corrected chi connectivity index (χ0v) is 15.4. The molecule has 0 radical (unpaired) electrons. The van der Waals surface area contributed by atoms with E-state index >= 15 is 0 Å². The van der Waals surface area contributed by atoms with Gasteiger partial charge in [-0.05, 0) is 49.9 Å². The maximum Gasteiger partial charge on any atom is 0.179 e. The predicted molar refractivity (Wildman–Crippen MR) is 100 cm³/mol. The lowest BCUT2D eigenvalue weighted by molar-refractivity contribution is 0.311. The second-order valence-corrected chi connectivity index (χ2v) is 6.26. The highest BCUT2D eigenvalue weighted by Crippen LogP contribution is 2.36. The van der Waals surface area contributed by atoms with Crippen molar-refractivity contribution in [1.82, 2.24) is 5.32 Å². The molecule has 2 rings (SSSR count). The molecule has 2 aromatic carbocycles. The maximum absolute atomic E-state index is 6.32. The summed E-state index contributed by atoms with van der Waals surface area (Å²) < 4.78 is 10.9. The molecule has 2 aromatic rings. The van der Waals surface area contributed by atoms with Crippen LogP contribution in [-0.4, -0.2) is 19.8 Å². The Hall–Kier alpha value is -1.71. The summed E-state index contributed by atoms with van der Waals surface area (Å²) in [5, 5.41) is 4.13. The van der Waals surface area contributed by atoms with Crippen LogP contribution in [0.15, 0.2) is 42.5 Å². The van der Waals surface area contributed by atoms with E-state index in [9.17, 15) is 0 Å². The fourth-order valence-corrected chi connectivity index (χ4v) is 2.87. The van der Waals surface area contributed by atoms with Crippen LogP contribution in [0.4, 0.5) is 0 Å². The molecule has 0 aliphatic carbocycles. The summed E-state index contributed by atoms with van der Waals surface area (Å²) in [5.41, 5.74) is 2.46. The van der Waals surface area contributed by atoms with Crippen molar-refractivity contribution in [3.8, 4) is 11.5 Å². The van der Waals surface area contributed by atoms with Gasteiger partial charge in [0.25, 0.3) is 0 Å². The van der Waals surface area contributed by atoms with Gasteiger partial charge in [0.2, 0.25) is 0 Å². The summed E-state index contributed by atoms with van der Waals surface area (Å²) >= 11 is 6.32. The van der Waals surface area contributed by atoms with Crippen molar-refractivity contribution in [2.45, 2.75) is 39.3 Å². The van der Waals surface area contributed by atoms with E-state index < -0.39 is 0 Å². The Balaban J connectivity index is 1.90. The predicted octanol–water partition coefficient (Wildman–Crippen LogP) is 4.86. The van der Waals surface area contributed by atoms with Gasteiger partial charge in [0.15, 0.2) is 11.5 Å². The second-order valence-electron chi connectivity index (χ2n) is 5.85. The van der Waals surface area contributed by atoms with E-state index in [1.54, 1.807) is 7.11 Å². The number of aryl methyl sites for hydroxylation is 1. The molecule has 1 atom stereocenters. The lowest BCUT2D eigenvalue weighted by atomic mass is 10.1. The van der Waals surface area contributed by atoms with Crippen LogP contribution in [0, 0.1) is 0 Å². The summed E-state index contributed by atoms with van der Waals surface area (Å²) in [4.78, 5) is 0. The minimum absolute atomic E-state index is 0.418. The second kappa shape index (κ2) is 9.55. The number of halogens is 1. The first-order valence-electron chi connectivity index (χ1n) is 8.40. The van der Waals surface area contributed by atoms with Crippen molar-refractivity contribution in [1.29, 1.82) is 0 Å². The highest BCUT2D eigenvalue weighted by atomic mass is 35.5. The molecule has 24 heavy (non-hydrogen) atoms. The Morgan fingerprint density at radius 2 is 1.88 bits per heavy atom. The first-order chi connectivity index (χ1) is 11.6. The van der Waals surface area contributed by atoms with Crippen LogP contribution in [0.5, 0.6) is 11.5 Å². The van der Waals surface area contributed by atoms with Crippen LogP contribution in [0.25, 0.3) is 0 Å². The number of rotatable bonds is 9. The lowest BCUT2D eigenvalue weighted by Crippen LogP contribution is -2.26. The standard InChI is InChI=1S/C20H26ClNO2/c1-4-24-20-18(21)12-17(13-19(20)23-3)14-22-15(2)10-11-16-8-6-5-7-9-16/h5-9,12-13,15,22H,4,10-11,14H2,1-3H3/t15-/m1/s1. The van der Waals surface area contributed by atoms with Gasteiger partial charge in [0, 0.05) is 12.6 Å². The van der Waals surface area contributed by atoms with Gasteiger partial charge in [-0.15, -0.1) is 0 Å². The molecular weight excluding hydrogens is 322 g/mol. The smallest absolute Gasteiger partial charge is 0.179 e. The third-order valence-electron chi connectivity index (χ3n) is 3.94. The molecule has 0 aromatic heterocycles. The van der Waals surface area contributed by atoms with Gasteiger partial charge < -0.3 is 14.8 Å². The molecule has 0 saturated heterocycles. The monoisotopic (exact) mass is 347 g/mol. The average Bonchev–Trinajstić information content (AvgIpc) is 2.61. The number of hydrogen-bond acceptors (Lipinski definition) is 3. The lowest BCUT2D eigenvalue weighted by Gasteiger charge is -2.16. The number of benzene rings is 2. The first kappa shape index (κ1) is 18.6. The first-order valence-corrected chi connectivity index (χ1v) is 8.78. The topological polar surface area (TPSA) is 30.5 Å². The van der Waals surface area contributed by atoms with E-state index in [1.165, 1.54) is 5.56 Å². The summed E-state index contributed by atoms with van der Waals surface area (Å²) in [6, 6.07) is 14.9. The molecule has 3 nitrogen and oxygen atoms in total. The van der Waals surface area contributed by atoms with Crippen molar-refractivity contribution in [3.63, 3.8) is 0 Å². The van der Waals surface area contributed by atoms with Gasteiger partial charge in [0.05, 0.1) is 18.7 Å². The largest absolute Gasteiger partial charge is 0.493 e.